The zero-order valence-electron chi connectivity index (χ0n) is 11.0. The van der Waals surface area contributed by atoms with Crippen LogP contribution < -0.4 is 11.3 Å². The predicted octanol–water partition coefficient (Wildman–Crippen LogP) is 1.82. The molecule has 0 saturated carbocycles. The normalized spacial score (nSPS) is 23.4. The molecule has 0 aliphatic carbocycles. The highest BCUT2D eigenvalue weighted by Gasteiger charge is 2.35. The summed E-state index contributed by atoms with van der Waals surface area (Å²) in [5.41, 5.74) is 3.36. The highest BCUT2D eigenvalue weighted by Crippen LogP contribution is 2.25. The molecule has 0 spiro atoms. The van der Waals surface area contributed by atoms with Crippen LogP contribution in [0, 0.1) is 5.82 Å². The average Bonchev–Trinajstić information content (AvgIpc) is 2.40. The Morgan fingerprint density at radius 1 is 1.45 bits per heavy atom. The second kappa shape index (κ2) is 6.39. The number of halogens is 2. The molecule has 1 aliphatic rings. The Hall–Kier alpha value is -0.690. The van der Waals surface area contributed by atoms with Crippen LogP contribution in [0.2, 0.25) is 5.02 Å². The first-order valence-corrected chi connectivity index (χ1v) is 8.65. The molecule has 7 heteroatoms. The molecule has 3 N–H and O–H groups in total. The molecule has 2 atom stereocenters. The van der Waals surface area contributed by atoms with Crippen molar-refractivity contribution in [1.82, 2.24) is 5.43 Å². The minimum Gasteiger partial charge on any atom is -0.271 e. The van der Waals surface area contributed by atoms with Crippen LogP contribution in [0.4, 0.5) is 4.39 Å². The van der Waals surface area contributed by atoms with Crippen LogP contribution in [0.25, 0.3) is 0 Å². The summed E-state index contributed by atoms with van der Waals surface area (Å²) < 4.78 is 37.4. The fourth-order valence-corrected chi connectivity index (χ4v) is 4.96. The van der Waals surface area contributed by atoms with Gasteiger partial charge in [-0.1, -0.05) is 24.1 Å². The molecule has 1 heterocycles. The fraction of sp³-hybridized carbons (Fsp3) is 0.538. The monoisotopic (exact) mass is 320 g/mol. The SMILES string of the molecule is NNC(Cc1ccc(F)c(Cl)c1)C1CCCCS1(=O)=O. The number of rotatable bonds is 4. The van der Waals surface area contributed by atoms with Crippen LogP contribution in [0.15, 0.2) is 18.2 Å². The number of sulfone groups is 1. The van der Waals surface area contributed by atoms with Crippen molar-refractivity contribution in [3.05, 3.63) is 34.6 Å². The lowest BCUT2D eigenvalue weighted by Gasteiger charge is -2.29. The van der Waals surface area contributed by atoms with Gasteiger partial charge in [-0.05, 0) is 37.0 Å². The Morgan fingerprint density at radius 2 is 2.20 bits per heavy atom. The quantitative estimate of drug-likeness (QED) is 0.655. The third kappa shape index (κ3) is 3.49. The molecule has 0 aromatic heterocycles. The van der Waals surface area contributed by atoms with Gasteiger partial charge in [0.1, 0.15) is 5.82 Å². The van der Waals surface area contributed by atoms with Crippen LogP contribution in [0.5, 0.6) is 0 Å². The number of hydrogen-bond donors (Lipinski definition) is 2. The molecule has 1 aliphatic heterocycles. The molecular formula is C13H18ClFN2O2S. The van der Waals surface area contributed by atoms with Crippen LogP contribution >= 0.6 is 11.6 Å². The molecule has 112 valence electrons. The van der Waals surface area contributed by atoms with E-state index in [1.807, 2.05) is 0 Å². The van der Waals surface area contributed by atoms with Crippen molar-refractivity contribution in [3.8, 4) is 0 Å². The van der Waals surface area contributed by atoms with E-state index in [4.69, 9.17) is 17.4 Å². The topological polar surface area (TPSA) is 72.2 Å². The second-order valence-corrected chi connectivity index (χ2v) is 7.87. The van der Waals surface area contributed by atoms with Gasteiger partial charge in [0.15, 0.2) is 9.84 Å². The third-order valence-electron chi connectivity index (χ3n) is 3.73. The predicted molar refractivity (Wildman–Crippen MR) is 77.7 cm³/mol. The molecule has 0 amide bonds. The van der Waals surface area contributed by atoms with Gasteiger partial charge in [0.25, 0.3) is 0 Å². The van der Waals surface area contributed by atoms with Gasteiger partial charge in [0.2, 0.25) is 0 Å². The van der Waals surface area contributed by atoms with E-state index in [0.717, 1.165) is 12.0 Å². The van der Waals surface area contributed by atoms with Gasteiger partial charge in [-0.15, -0.1) is 0 Å². The smallest absolute Gasteiger partial charge is 0.154 e. The van der Waals surface area contributed by atoms with Gasteiger partial charge in [0, 0.05) is 6.04 Å². The van der Waals surface area contributed by atoms with E-state index in [2.05, 4.69) is 5.43 Å². The Bertz CT molecular complexity index is 580. The van der Waals surface area contributed by atoms with E-state index < -0.39 is 20.9 Å². The van der Waals surface area contributed by atoms with Crippen molar-refractivity contribution in [2.75, 3.05) is 5.75 Å². The van der Waals surface area contributed by atoms with Crippen molar-refractivity contribution in [2.24, 2.45) is 5.84 Å². The maximum atomic E-state index is 13.1. The first-order chi connectivity index (χ1) is 9.44. The summed E-state index contributed by atoms with van der Waals surface area (Å²) >= 11 is 5.74. The van der Waals surface area contributed by atoms with Gasteiger partial charge in [0.05, 0.1) is 16.0 Å². The third-order valence-corrected chi connectivity index (χ3v) is 6.37. The summed E-state index contributed by atoms with van der Waals surface area (Å²) in [6.07, 6.45) is 2.59. The first kappa shape index (κ1) is 15.7. The highest BCUT2D eigenvalue weighted by atomic mass is 35.5. The maximum Gasteiger partial charge on any atom is 0.154 e. The van der Waals surface area contributed by atoms with Crippen molar-refractivity contribution in [1.29, 1.82) is 0 Å². The van der Waals surface area contributed by atoms with Crippen LogP contribution in [-0.4, -0.2) is 25.5 Å². The largest absolute Gasteiger partial charge is 0.271 e. The Balaban J connectivity index is 2.18. The molecule has 0 radical (unpaired) electrons. The number of nitrogens with one attached hydrogen (secondary N) is 1. The van der Waals surface area contributed by atoms with E-state index in [1.54, 1.807) is 6.07 Å². The molecule has 1 aromatic carbocycles. The Kier molecular flexibility index (Phi) is 5.01. The van der Waals surface area contributed by atoms with Crippen molar-refractivity contribution < 1.29 is 12.8 Å². The summed E-state index contributed by atoms with van der Waals surface area (Å²) in [6.45, 7) is 0. The first-order valence-electron chi connectivity index (χ1n) is 6.55. The van der Waals surface area contributed by atoms with E-state index >= 15 is 0 Å². The van der Waals surface area contributed by atoms with Crippen LogP contribution in [0.1, 0.15) is 24.8 Å². The lowest BCUT2D eigenvalue weighted by atomic mass is 10.00. The summed E-state index contributed by atoms with van der Waals surface area (Å²) in [6, 6.07) is 4.00. The number of nitrogens with two attached hydrogens (primary N) is 1. The maximum absolute atomic E-state index is 13.1. The molecule has 1 aromatic rings. The number of hydrazine groups is 1. The zero-order valence-corrected chi connectivity index (χ0v) is 12.6. The standard InChI is InChI=1S/C13H18ClFN2O2S/c14-10-7-9(4-5-11(10)15)8-12(17-16)13-3-1-2-6-20(13,18)19/h4-5,7,12-13,17H,1-3,6,8,16H2. The minimum absolute atomic E-state index is 0.0322. The average molecular weight is 321 g/mol. The van der Waals surface area contributed by atoms with Gasteiger partial charge in [-0.2, -0.15) is 0 Å². The Labute approximate surface area is 123 Å². The molecule has 1 fully saturated rings. The second-order valence-electron chi connectivity index (χ2n) is 5.13. The van der Waals surface area contributed by atoms with Gasteiger partial charge in [-0.25, -0.2) is 12.8 Å². The summed E-state index contributed by atoms with van der Waals surface area (Å²) in [7, 11) is -3.12. The molecule has 4 nitrogen and oxygen atoms in total. The Morgan fingerprint density at radius 3 is 2.80 bits per heavy atom. The van der Waals surface area contributed by atoms with Crippen molar-refractivity contribution in [3.63, 3.8) is 0 Å². The van der Waals surface area contributed by atoms with Crippen molar-refractivity contribution in [2.45, 2.75) is 37.0 Å². The summed E-state index contributed by atoms with van der Waals surface area (Å²) in [4.78, 5) is 0. The van der Waals surface area contributed by atoms with Crippen LogP contribution in [0.3, 0.4) is 0 Å². The van der Waals surface area contributed by atoms with E-state index in [9.17, 15) is 12.8 Å². The molecule has 2 unspecified atom stereocenters. The molecule has 0 bridgehead atoms. The summed E-state index contributed by atoms with van der Waals surface area (Å²) in [5.74, 6) is 5.24. The van der Waals surface area contributed by atoms with Gasteiger partial charge < -0.3 is 0 Å². The molecule has 20 heavy (non-hydrogen) atoms. The lowest BCUT2D eigenvalue weighted by molar-refractivity contribution is 0.440. The molecule has 2 rings (SSSR count). The lowest BCUT2D eigenvalue weighted by Crippen LogP contribution is -2.50. The van der Waals surface area contributed by atoms with Gasteiger partial charge in [-0.3, -0.25) is 11.3 Å². The van der Waals surface area contributed by atoms with E-state index in [-0.39, 0.29) is 16.8 Å². The number of benzene rings is 1. The van der Waals surface area contributed by atoms with Crippen molar-refractivity contribution >= 4 is 21.4 Å². The number of hydrogen-bond acceptors (Lipinski definition) is 4. The zero-order chi connectivity index (χ0) is 14.8. The van der Waals surface area contributed by atoms with E-state index in [1.165, 1.54) is 12.1 Å². The summed E-state index contributed by atoms with van der Waals surface area (Å²) in [5, 5.41) is -0.463. The van der Waals surface area contributed by atoms with Gasteiger partial charge >= 0.3 is 0 Å². The highest BCUT2D eigenvalue weighted by molar-refractivity contribution is 7.92. The molecule has 1 saturated heterocycles. The fourth-order valence-electron chi connectivity index (χ4n) is 2.65. The molecular weight excluding hydrogens is 303 g/mol. The van der Waals surface area contributed by atoms with E-state index in [0.29, 0.717) is 19.3 Å². The van der Waals surface area contributed by atoms with Crippen LogP contribution in [-0.2, 0) is 16.3 Å². The minimum atomic E-state index is -3.12.